The van der Waals surface area contributed by atoms with Crippen LogP contribution in [0, 0.1) is 5.92 Å². The van der Waals surface area contributed by atoms with E-state index in [0.717, 1.165) is 17.5 Å². The van der Waals surface area contributed by atoms with Gasteiger partial charge in [0, 0.05) is 17.7 Å². The van der Waals surface area contributed by atoms with Crippen LogP contribution in [0.3, 0.4) is 0 Å². The van der Waals surface area contributed by atoms with E-state index in [1.807, 2.05) is 42.5 Å². The molecule has 0 spiro atoms. The zero-order valence-electron chi connectivity index (χ0n) is 12.6. The van der Waals surface area contributed by atoms with Crippen molar-refractivity contribution in [1.29, 1.82) is 0 Å². The lowest BCUT2D eigenvalue weighted by molar-refractivity contribution is 0.303. The molecule has 0 saturated carbocycles. The van der Waals surface area contributed by atoms with Crippen molar-refractivity contribution < 1.29 is 9.84 Å². The van der Waals surface area contributed by atoms with Gasteiger partial charge in [-0.15, -0.1) is 0 Å². The van der Waals surface area contributed by atoms with Gasteiger partial charge in [-0.25, -0.2) is 0 Å². The third-order valence-corrected chi connectivity index (χ3v) is 3.87. The SMILES string of the molecule is CCC(C)[C@@H](N)c1ccc(OCc2ccccc2)cc1O. The molecule has 2 rings (SSSR count). The third-order valence-electron chi connectivity index (χ3n) is 3.87. The van der Waals surface area contributed by atoms with Crippen molar-refractivity contribution in [2.24, 2.45) is 11.7 Å². The number of hydrogen-bond acceptors (Lipinski definition) is 3. The van der Waals surface area contributed by atoms with Crippen LogP contribution in [0.25, 0.3) is 0 Å². The Morgan fingerprint density at radius 2 is 1.86 bits per heavy atom. The van der Waals surface area contributed by atoms with Crippen LogP contribution in [-0.4, -0.2) is 5.11 Å². The number of nitrogens with two attached hydrogens (primary N) is 1. The Bertz CT molecular complexity index is 569. The summed E-state index contributed by atoms with van der Waals surface area (Å²) in [5, 5.41) is 10.1. The minimum Gasteiger partial charge on any atom is -0.507 e. The van der Waals surface area contributed by atoms with Crippen LogP contribution >= 0.6 is 0 Å². The van der Waals surface area contributed by atoms with Gasteiger partial charge in [-0.1, -0.05) is 56.7 Å². The van der Waals surface area contributed by atoms with Crippen molar-refractivity contribution >= 4 is 0 Å². The number of phenolic OH excluding ortho intramolecular Hbond substituents is 1. The van der Waals surface area contributed by atoms with E-state index in [-0.39, 0.29) is 11.8 Å². The maximum Gasteiger partial charge on any atom is 0.124 e. The third kappa shape index (κ3) is 3.99. The molecule has 2 aromatic carbocycles. The van der Waals surface area contributed by atoms with E-state index in [1.165, 1.54) is 0 Å². The van der Waals surface area contributed by atoms with E-state index in [0.29, 0.717) is 18.3 Å². The zero-order valence-corrected chi connectivity index (χ0v) is 12.6. The number of rotatable bonds is 6. The van der Waals surface area contributed by atoms with E-state index in [4.69, 9.17) is 10.5 Å². The molecule has 2 atom stereocenters. The van der Waals surface area contributed by atoms with Crippen LogP contribution in [0.1, 0.15) is 37.4 Å². The molecule has 0 aromatic heterocycles. The fraction of sp³-hybridized carbons (Fsp3) is 0.333. The summed E-state index contributed by atoms with van der Waals surface area (Å²) in [5.41, 5.74) is 8.03. The van der Waals surface area contributed by atoms with Crippen molar-refractivity contribution in [3.63, 3.8) is 0 Å². The van der Waals surface area contributed by atoms with Crippen LogP contribution < -0.4 is 10.5 Å². The second-order valence-corrected chi connectivity index (χ2v) is 5.41. The van der Waals surface area contributed by atoms with Crippen molar-refractivity contribution in [2.75, 3.05) is 0 Å². The quantitative estimate of drug-likeness (QED) is 0.843. The van der Waals surface area contributed by atoms with Gasteiger partial charge in [-0.2, -0.15) is 0 Å². The summed E-state index contributed by atoms with van der Waals surface area (Å²) in [6, 6.07) is 15.1. The second-order valence-electron chi connectivity index (χ2n) is 5.41. The molecule has 3 heteroatoms. The standard InChI is InChI=1S/C18H23NO2/c1-3-13(2)18(19)16-10-9-15(11-17(16)20)21-12-14-7-5-4-6-8-14/h4-11,13,18,20H,3,12,19H2,1-2H3/t13?,18-/m1/s1. The van der Waals surface area contributed by atoms with Gasteiger partial charge in [-0.05, 0) is 17.5 Å². The summed E-state index contributed by atoms with van der Waals surface area (Å²) in [6.07, 6.45) is 0.979. The van der Waals surface area contributed by atoms with Crippen LogP contribution in [-0.2, 0) is 6.61 Å². The summed E-state index contributed by atoms with van der Waals surface area (Å²) in [4.78, 5) is 0. The number of hydrogen-bond donors (Lipinski definition) is 2. The first kappa shape index (κ1) is 15.4. The van der Waals surface area contributed by atoms with Crippen LogP contribution in [0.4, 0.5) is 0 Å². The molecule has 1 unspecified atom stereocenters. The molecular weight excluding hydrogens is 262 g/mol. The second kappa shape index (κ2) is 7.14. The van der Waals surface area contributed by atoms with E-state index in [1.54, 1.807) is 6.07 Å². The van der Waals surface area contributed by atoms with E-state index >= 15 is 0 Å². The Kier molecular flexibility index (Phi) is 5.23. The first-order chi connectivity index (χ1) is 10.1. The van der Waals surface area contributed by atoms with Gasteiger partial charge in [0.15, 0.2) is 0 Å². The van der Waals surface area contributed by atoms with Crippen LogP contribution in [0.5, 0.6) is 11.5 Å². The van der Waals surface area contributed by atoms with Gasteiger partial charge < -0.3 is 15.6 Å². The highest BCUT2D eigenvalue weighted by Gasteiger charge is 2.17. The molecule has 0 aliphatic heterocycles. The predicted octanol–water partition coefficient (Wildman–Crippen LogP) is 4.02. The lowest BCUT2D eigenvalue weighted by Crippen LogP contribution is -2.18. The maximum absolute atomic E-state index is 10.1. The number of aromatic hydroxyl groups is 1. The number of benzene rings is 2. The summed E-state index contributed by atoms with van der Waals surface area (Å²) in [5.74, 6) is 1.18. The fourth-order valence-electron chi connectivity index (χ4n) is 2.20. The van der Waals surface area contributed by atoms with Crippen LogP contribution in [0.2, 0.25) is 0 Å². The molecule has 21 heavy (non-hydrogen) atoms. The first-order valence-corrected chi connectivity index (χ1v) is 7.37. The van der Waals surface area contributed by atoms with Gasteiger partial charge in [0.2, 0.25) is 0 Å². The highest BCUT2D eigenvalue weighted by atomic mass is 16.5. The Morgan fingerprint density at radius 3 is 2.48 bits per heavy atom. The molecular formula is C18H23NO2. The fourth-order valence-corrected chi connectivity index (χ4v) is 2.20. The number of ether oxygens (including phenoxy) is 1. The molecule has 0 aliphatic carbocycles. The monoisotopic (exact) mass is 285 g/mol. The van der Waals surface area contributed by atoms with Crippen molar-refractivity contribution in [1.82, 2.24) is 0 Å². The van der Waals surface area contributed by atoms with E-state index in [2.05, 4.69) is 13.8 Å². The molecule has 0 heterocycles. The molecule has 0 amide bonds. The van der Waals surface area contributed by atoms with Gasteiger partial charge in [0.05, 0.1) is 0 Å². The molecule has 112 valence electrons. The van der Waals surface area contributed by atoms with Gasteiger partial charge >= 0.3 is 0 Å². The maximum atomic E-state index is 10.1. The van der Waals surface area contributed by atoms with Gasteiger partial charge in [-0.3, -0.25) is 0 Å². The Balaban J connectivity index is 2.05. The van der Waals surface area contributed by atoms with Crippen molar-refractivity contribution in [3.05, 3.63) is 59.7 Å². The molecule has 0 aliphatic rings. The molecule has 0 fully saturated rings. The number of phenols is 1. The highest BCUT2D eigenvalue weighted by Crippen LogP contribution is 2.32. The normalized spacial score (nSPS) is 13.7. The molecule has 0 saturated heterocycles. The zero-order chi connectivity index (χ0) is 15.2. The van der Waals surface area contributed by atoms with Crippen molar-refractivity contribution in [3.8, 4) is 11.5 Å². The average molecular weight is 285 g/mol. The van der Waals surface area contributed by atoms with E-state index < -0.39 is 0 Å². The minimum absolute atomic E-state index is 0.154. The molecule has 2 aromatic rings. The topological polar surface area (TPSA) is 55.5 Å². The molecule has 3 N–H and O–H groups in total. The summed E-state index contributed by atoms with van der Waals surface area (Å²) in [6.45, 7) is 4.67. The summed E-state index contributed by atoms with van der Waals surface area (Å²) in [7, 11) is 0. The van der Waals surface area contributed by atoms with Crippen molar-refractivity contribution in [2.45, 2.75) is 32.9 Å². The molecule has 0 bridgehead atoms. The Morgan fingerprint density at radius 1 is 1.14 bits per heavy atom. The Labute approximate surface area is 126 Å². The summed E-state index contributed by atoms with van der Waals surface area (Å²) < 4.78 is 5.69. The van der Waals surface area contributed by atoms with Gasteiger partial charge in [0.25, 0.3) is 0 Å². The lowest BCUT2D eigenvalue weighted by Gasteiger charge is -2.20. The average Bonchev–Trinajstić information content (AvgIpc) is 2.52. The van der Waals surface area contributed by atoms with E-state index in [9.17, 15) is 5.11 Å². The first-order valence-electron chi connectivity index (χ1n) is 7.37. The summed E-state index contributed by atoms with van der Waals surface area (Å²) >= 11 is 0. The lowest BCUT2D eigenvalue weighted by atomic mass is 9.93. The smallest absolute Gasteiger partial charge is 0.124 e. The van der Waals surface area contributed by atoms with Gasteiger partial charge in [0.1, 0.15) is 18.1 Å². The largest absolute Gasteiger partial charge is 0.507 e. The van der Waals surface area contributed by atoms with Crippen LogP contribution in [0.15, 0.2) is 48.5 Å². The molecule has 0 radical (unpaired) electrons. The highest BCUT2D eigenvalue weighted by molar-refractivity contribution is 5.41. The minimum atomic E-state index is -0.154. The molecule has 3 nitrogen and oxygen atoms in total. The Hall–Kier alpha value is -2.00. The predicted molar refractivity (Wildman–Crippen MR) is 85.3 cm³/mol.